The van der Waals surface area contributed by atoms with Gasteiger partial charge in [-0.2, -0.15) is 0 Å². The van der Waals surface area contributed by atoms with E-state index in [0.717, 1.165) is 23.3 Å². The number of aromatic nitrogens is 2. The highest BCUT2D eigenvalue weighted by atomic mass is 32.2. The SMILES string of the molecule is O=C(CSc1nc2scc(-c3cccs3)c2c(=O)[nH]1)NC1CCCC1. The molecule has 130 valence electrons. The van der Waals surface area contributed by atoms with Crippen LogP contribution in [-0.4, -0.2) is 27.7 Å². The average molecular weight is 392 g/mol. The molecule has 0 aromatic carbocycles. The van der Waals surface area contributed by atoms with E-state index in [0.29, 0.717) is 21.4 Å². The van der Waals surface area contributed by atoms with Crippen LogP contribution in [0, 0.1) is 0 Å². The number of carbonyl (C=O) groups excluding carboxylic acids is 1. The Bertz CT molecular complexity index is 940. The van der Waals surface area contributed by atoms with Gasteiger partial charge >= 0.3 is 0 Å². The van der Waals surface area contributed by atoms with E-state index < -0.39 is 0 Å². The number of hydrogen-bond donors (Lipinski definition) is 2. The van der Waals surface area contributed by atoms with E-state index >= 15 is 0 Å². The summed E-state index contributed by atoms with van der Waals surface area (Å²) in [6, 6.07) is 4.29. The Morgan fingerprint density at radius 3 is 2.96 bits per heavy atom. The minimum Gasteiger partial charge on any atom is -0.353 e. The van der Waals surface area contributed by atoms with Crippen molar-refractivity contribution in [2.75, 3.05) is 5.75 Å². The number of thioether (sulfide) groups is 1. The van der Waals surface area contributed by atoms with Crippen LogP contribution in [0.25, 0.3) is 20.7 Å². The van der Waals surface area contributed by atoms with Crippen molar-refractivity contribution in [3.8, 4) is 10.4 Å². The fraction of sp³-hybridized carbons (Fsp3) is 0.353. The summed E-state index contributed by atoms with van der Waals surface area (Å²) in [5.41, 5.74) is 0.785. The molecular weight excluding hydrogens is 374 g/mol. The van der Waals surface area contributed by atoms with Gasteiger partial charge in [0.2, 0.25) is 5.91 Å². The van der Waals surface area contributed by atoms with Gasteiger partial charge in [-0.3, -0.25) is 9.59 Å². The van der Waals surface area contributed by atoms with E-state index in [1.807, 2.05) is 22.9 Å². The first-order valence-electron chi connectivity index (χ1n) is 8.18. The minimum atomic E-state index is -0.145. The number of hydrogen-bond acceptors (Lipinski definition) is 6. The third kappa shape index (κ3) is 3.65. The second-order valence-corrected chi connectivity index (χ2v) is 8.79. The zero-order valence-electron chi connectivity index (χ0n) is 13.4. The Morgan fingerprint density at radius 2 is 2.20 bits per heavy atom. The van der Waals surface area contributed by atoms with E-state index in [-0.39, 0.29) is 17.2 Å². The van der Waals surface area contributed by atoms with E-state index in [1.54, 1.807) is 11.3 Å². The molecule has 5 nitrogen and oxygen atoms in total. The van der Waals surface area contributed by atoms with E-state index in [1.165, 1.54) is 35.9 Å². The Hall–Kier alpha value is -1.64. The highest BCUT2D eigenvalue weighted by Crippen LogP contribution is 2.34. The lowest BCUT2D eigenvalue weighted by Gasteiger charge is -2.11. The lowest BCUT2D eigenvalue weighted by atomic mass is 10.2. The molecule has 3 aromatic rings. The molecule has 0 atom stereocenters. The van der Waals surface area contributed by atoms with Crippen LogP contribution in [-0.2, 0) is 4.79 Å². The predicted octanol–water partition coefficient (Wildman–Crippen LogP) is 3.86. The summed E-state index contributed by atoms with van der Waals surface area (Å²) in [5, 5.41) is 8.14. The first-order chi connectivity index (χ1) is 12.2. The van der Waals surface area contributed by atoms with Gasteiger partial charge in [0.15, 0.2) is 5.16 Å². The second kappa shape index (κ2) is 7.31. The molecule has 0 saturated heterocycles. The van der Waals surface area contributed by atoms with Gasteiger partial charge in [-0.1, -0.05) is 30.7 Å². The van der Waals surface area contributed by atoms with Crippen LogP contribution < -0.4 is 10.9 Å². The smallest absolute Gasteiger partial charge is 0.260 e. The molecule has 3 heterocycles. The van der Waals surface area contributed by atoms with E-state index in [2.05, 4.69) is 15.3 Å². The first kappa shape index (κ1) is 16.8. The van der Waals surface area contributed by atoms with Crippen LogP contribution in [0.5, 0.6) is 0 Å². The van der Waals surface area contributed by atoms with Gasteiger partial charge in [-0.05, 0) is 24.3 Å². The molecule has 25 heavy (non-hydrogen) atoms. The van der Waals surface area contributed by atoms with Crippen LogP contribution in [0.15, 0.2) is 32.8 Å². The molecule has 3 aromatic heterocycles. The number of fused-ring (bicyclic) bond motifs is 1. The number of nitrogens with one attached hydrogen (secondary N) is 2. The maximum atomic E-state index is 12.5. The zero-order chi connectivity index (χ0) is 17.2. The monoisotopic (exact) mass is 391 g/mol. The van der Waals surface area contributed by atoms with Gasteiger partial charge in [-0.25, -0.2) is 4.98 Å². The number of amides is 1. The molecule has 0 radical (unpaired) electrons. The third-order valence-electron chi connectivity index (χ3n) is 4.27. The third-order valence-corrected chi connectivity index (χ3v) is 6.92. The minimum absolute atomic E-state index is 0.00472. The maximum Gasteiger partial charge on any atom is 0.260 e. The van der Waals surface area contributed by atoms with Crippen molar-refractivity contribution in [2.24, 2.45) is 0 Å². The van der Waals surface area contributed by atoms with Crippen LogP contribution in [0.3, 0.4) is 0 Å². The van der Waals surface area contributed by atoms with Gasteiger partial charge in [0.1, 0.15) is 4.83 Å². The largest absolute Gasteiger partial charge is 0.353 e. The number of rotatable bonds is 5. The Kier molecular flexibility index (Phi) is 4.91. The zero-order valence-corrected chi connectivity index (χ0v) is 15.9. The second-order valence-electron chi connectivity index (χ2n) is 6.02. The standard InChI is InChI=1S/C17H17N3O2S3/c21-13(18-10-4-1-2-5-10)9-25-17-19-15(22)14-11(8-24-16(14)20-17)12-6-3-7-23-12/h3,6-8,10H,1-2,4-5,9H2,(H,18,21)(H,19,20,22). The van der Waals surface area contributed by atoms with Gasteiger partial charge in [-0.15, -0.1) is 22.7 Å². The summed E-state index contributed by atoms with van der Waals surface area (Å²) in [5.74, 6) is 0.277. The molecule has 4 rings (SSSR count). The number of thiophene rings is 2. The van der Waals surface area contributed by atoms with Crippen LogP contribution in [0.2, 0.25) is 0 Å². The van der Waals surface area contributed by atoms with Crippen molar-refractivity contribution in [3.63, 3.8) is 0 Å². The molecule has 1 saturated carbocycles. The molecule has 0 aliphatic heterocycles. The number of aromatic amines is 1. The number of nitrogens with zero attached hydrogens (tertiary/aromatic N) is 1. The highest BCUT2D eigenvalue weighted by Gasteiger charge is 2.18. The molecular formula is C17H17N3O2S3. The average Bonchev–Trinajstić information content (AvgIpc) is 3.33. The van der Waals surface area contributed by atoms with Crippen molar-refractivity contribution in [1.29, 1.82) is 0 Å². The van der Waals surface area contributed by atoms with Gasteiger partial charge < -0.3 is 10.3 Å². The molecule has 1 aliphatic carbocycles. The molecule has 0 bridgehead atoms. The van der Waals surface area contributed by atoms with Gasteiger partial charge in [0.05, 0.1) is 11.1 Å². The normalized spacial score (nSPS) is 15.0. The molecule has 0 spiro atoms. The summed E-state index contributed by atoms with van der Waals surface area (Å²) in [6.07, 6.45) is 4.51. The van der Waals surface area contributed by atoms with Crippen molar-refractivity contribution < 1.29 is 4.79 Å². The summed E-state index contributed by atoms with van der Waals surface area (Å²) in [4.78, 5) is 33.6. The van der Waals surface area contributed by atoms with Gasteiger partial charge in [0, 0.05) is 21.9 Å². The first-order valence-corrected chi connectivity index (χ1v) is 10.9. The lowest BCUT2D eigenvalue weighted by molar-refractivity contribution is -0.119. The quantitative estimate of drug-likeness (QED) is 0.511. The van der Waals surface area contributed by atoms with E-state index in [9.17, 15) is 9.59 Å². The summed E-state index contributed by atoms with van der Waals surface area (Å²) >= 11 is 4.35. The van der Waals surface area contributed by atoms with Crippen molar-refractivity contribution >= 4 is 50.6 Å². The lowest BCUT2D eigenvalue weighted by Crippen LogP contribution is -2.33. The van der Waals surface area contributed by atoms with Crippen molar-refractivity contribution in [2.45, 2.75) is 36.9 Å². The molecule has 1 amide bonds. The topological polar surface area (TPSA) is 74.8 Å². The predicted molar refractivity (Wildman–Crippen MR) is 105 cm³/mol. The van der Waals surface area contributed by atoms with Crippen LogP contribution >= 0.6 is 34.4 Å². The molecule has 1 fully saturated rings. The fourth-order valence-corrected chi connectivity index (χ4v) is 5.58. The van der Waals surface area contributed by atoms with Crippen molar-refractivity contribution in [1.82, 2.24) is 15.3 Å². The van der Waals surface area contributed by atoms with Crippen molar-refractivity contribution in [3.05, 3.63) is 33.2 Å². The van der Waals surface area contributed by atoms with Crippen LogP contribution in [0.1, 0.15) is 25.7 Å². The Labute approximate surface area is 156 Å². The molecule has 2 N–H and O–H groups in total. The molecule has 1 aliphatic rings. The van der Waals surface area contributed by atoms with Gasteiger partial charge in [0.25, 0.3) is 5.56 Å². The van der Waals surface area contributed by atoms with E-state index in [4.69, 9.17) is 0 Å². The Balaban J connectivity index is 1.49. The highest BCUT2D eigenvalue weighted by molar-refractivity contribution is 7.99. The fourth-order valence-electron chi connectivity index (χ4n) is 3.08. The van der Waals surface area contributed by atoms with Crippen LogP contribution in [0.4, 0.5) is 0 Å². The molecule has 0 unspecified atom stereocenters. The molecule has 8 heteroatoms. The summed E-state index contributed by atoms with van der Waals surface area (Å²) in [6.45, 7) is 0. The number of H-pyrrole nitrogens is 1. The maximum absolute atomic E-state index is 12.5. The summed E-state index contributed by atoms with van der Waals surface area (Å²) < 4.78 is 0. The number of carbonyl (C=O) groups is 1. The Morgan fingerprint density at radius 1 is 1.36 bits per heavy atom. The summed E-state index contributed by atoms with van der Waals surface area (Å²) in [7, 11) is 0.